The normalized spacial score (nSPS) is 18.1. The van der Waals surface area contributed by atoms with Gasteiger partial charge >= 0.3 is 23.8 Å². The quantitative estimate of drug-likeness (QED) is 0.678. The number of amides is 2. The van der Waals surface area contributed by atoms with E-state index in [9.17, 15) is 19.2 Å². The van der Waals surface area contributed by atoms with E-state index in [1.165, 1.54) is 7.05 Å². The molecule has 1 saturated heterocycles. The Morgan fingerprint density at radius 3 is 2.43 bits per heavy atom. The molecule has 0 unspecified atom stereocenters. The van der Waals surface area contributed by atoms with E-state index >= 15 is 0 Å². The van der Waals surface area contributed by atoms with Crippen LogP contribution >= 0.6 is 0 Å². The summed E-state index contributed by atoms with van der Waals surface area (Å²) in [5, 5.41) is 17.6. The molecule has 1 fully saturated rings. The predicted octanol–water partition coefficient (Wildman–Crippen LogP) is -0.225. The summed E-state index contributed by atoms with van der Waals surface area (Å²) in [4.78, 5) is 47.9. The van der Waals surface area contributed by atoms with Crippen molar-refractivity contribution in [1.29, 1.82) is 0 Å². The zero-order valence-corrected chi connectivity index (χ0v) is 11.9. The highest BCUT2D eigenvalue weighted by atomic mass is 16.4. The Hall–Kier alpha value is -2.12. The molecule has 0 aliphatic carbocycles. The van der Waals surface area contributed by atoms with Gasteiger partial charge in [-0.1, -0.05) is 0 Å². The van der Waals surface area contributed by atoms with Crippen molar-refractivity contribution >= 4 is 23.8 Å². The highest BCUT2D eigenvalue weighted by Gasteiger charge is 2.35. The lowest BCUT2D eigenvalue weighted by molar-refractivity contribution is -0.159. The number of carbonyl (C=O) groups is 4. The van der Waals surface area contributed by atoms with Crippen LogP contribution in [0.5, 0.6) is 0 Å². The van der Waals surface area contributed by atoms with Crippen LogP contribution < -0.4 is 0 Å². The molecule has 8 heteroatoms. The summed E-state index contributed by atoms with van der Waals surface area (Å²) < 4.78 is 0. The standard InChI is InChI=1S/C13H20N2O6/c1-14(7-4-6-10(16)17)11(18)12(19)15-8-3-2-5-9(15)13(20)21/h9H,2-8H2,1H3,(H,16,17)(H,20,21)/t9-/m1/s1. The second kappa shape index (κ2) is 7.61. The third-order valence-corrected chi connectivity index (χ3v) is 3.46. The molecular formula is C13H20N2O6. The molecule has 0 aromatic carbocycles. The van der Waals surface area contributed by atoms with Crippen molar-refractivity contribution in [2.24, 2.45) is 0 Å². The molecule has 0 aromatic rings. The van der Waals surface area contributed by atoms with Gasteiger partial charge in [-0.25, -0.2) is 4.79 Å². The van der Waals surface area contributed by atoms with Gasteiger partial charge in [0.15, 0.2) is 0 Å². The summed E-state index contributed by atoms with van der Waals surface area (Å²) in [6.07, 6.45) is 1.88. The molecule has 1 aliphatic heterocycles. The minimum absolute atomic E-state index is 0.0900. The first-order valence-corrected chi connectivity index (χ1v) is 6.85. The van der Waals surface area contributed by atoms with Crippen molar-refractivity contribution in [3.63, 3.8) is 0 Å². The molecule has 2 N–H and O–H groups in total. The van der Waals surface area contributed by atoms with Crippen molar-refractivity contribution in [2.75, 3.05) is 20.1 Å². The summed E-state index contributed by atoms with van der Waals surface area (Å²) in [5.74, 6) is -3.71. The fourth-order valence-electron chi connectivity index (χ4n) is 2.29. The first kappa shape index (κ1) is 16.9. The lowest BCUT2D eigenvalue weighted by Crippen LogP contribution is -2.53. The van der Waals surface area contributed by atoms with Crippen LogP contribution in [0.1, 0.15) is 32.1 Å². The van der Waals surface area contributed by atoms with Crippen molar-refractivity contribution in [3.8, 4) is 0 Å². The van der Waals surface area contributed by atoms with Gasteiger partial charge in [0.2, 0.25) is 0 Å². The first-order chi connectivity index (χ1) is 9.84. The van der Waals surface area contributed by atoms with E-state index in [1.54, 1.807) is 0 Å². The molecule has 1 atom stereocenters. The zero-order chi connectivity index (χ0) is 16.0. The number of carboxylic acids is 2. The maximum atomic E-state index is 12.1. The number of rotatable bonds is 5. The SMILES string of the molecule is CN(CCCC(=O)O)C(=O)C(=O)N1CCCC[C@@H]1C(=O)O. The second-order valence-electron chi connectivity index (χ2n) is 5.07. The van der Waals surface area contributed by atoms with E-state index < -0.39 is 29.8 Å². The van der Waals surface area contributed by atoms with E-state index in [1.807, 2.05) is 0 Å². The van der Waals surface area contributed by atoms with Crippen LogP contribution in [-0.4, -0.2) is 69.9 Å². The first-order valence-electron chi connectivity index (χ1n) is 6.85. The highest BCUT2D eigenvalue weighted by Crippen LogP contribution is 2.18. The van der Waals surface area contributed by atoms with E-state index in [4.69, 9.17) is 10.2 Å². The number of aliphatic carboxylic acids is 2. The molecule has 21 heavy (non-hydrogen) atoms. The number of hydrogen-bond acceptors (Lipinski definition) is 4. The van der Waals surface area contributed by atoms with Gasteiger partial charge in [-0.3, -0.25) is 14.4 Å². The summed E-state index contributed by atoms with van der Waals surface area (Å²) >= 11 is 0. The maximum Gasteiger partial charge on any atom is 0.326 e. The van der Waals surface area contributed by atoms with Crippen LogP contribution in [-0.2, 0) is 19.2 Å². The van der Waals surface area contributed by atoms with Gasteiger partial charge in [0, 0.05) is 26.6 Å². The number of hydrogen-bond donors (Lipinski definition) is 2. The molecule has 0 aromatic heterocycles. The van der Waals surface area contributed by atoms with Gasteiger partial charge < -0.3 is 20.0 Å². The van der Waals surface area contributed by atoms with Crippen LogP contribution in [0.2, 0.25) is 0 Å². The van der Waals surface area contributed by atoms with Crippen LogP contribution in [0.25, 0.3) is 0 Å². The average Bonchev–Trinajstić information content (AvgIpc) is 2.45. The minimum Gasteiger partial charge on any atom is -0.481 e. The molecule has 0 spiro atoms. The fraction of sp³-hybridized carbons (Fsp3) is 0.692. The van der Waals surface area contributed by atoms with Crippen molar-refractivity contribution in [3.05, 3.63) is 0 Å². The van der Waals surface area contributed by atoms with Crippen LogP contribution in [0.15, 0.2) is 0 Å². The van der Waals surface area contributed by atoms with Gasteiger partial charge in [0.05, 0.1) is 0 Å². The van der Waals surface area contributed by atoms with E-state index in [0.29, 0.717) is 19.3 Å². The van der Waals surface area contributed by atoms with Crippen LogP contribution in [0, 0.1) is 0 Å². The van der Waals surface area contributed by atoms with Crippen LogP contribution in [0.3, 0.4) is 0 Å². The Kier molecular flexibility index (Phi) is 6.13. The predicted molar refractivity (Wildman–Crippen MR) is 71.5 cm³/mol. The smallest absolute Gasteiger partial charge is 0.326 e. The second-order valence-corrected chi connectivity index (χ2v) is 5.07. The number of carbonyl (C=O) groups excluding carboxylic acids is 2. The molecule has 1 rings (SSSR count). The van der Waals surface area contributed by atoms with Gasteiger partial charge in [0.25, 0.3) is 0 Å². The molecule has 8 nitrogen and oxygen atoms in total. The number of likely N-dealkylation sites (N-methyl/N-ethyl adjacent to an activating group) is 1. The van der Waals surface area contributed by atoms with Crippen molar-refractivity contribution < 1.29 is 29.4 Å². The van der Waals surface area contributed by atoms with Gasteiger partial charge in [-0.2, -0.15) is 0 Å². The fourth-order valence-corrected chi connectivity index (χ4v) is 2.29. The van der Waals surface area contributed by atoms with E-state index in [-0.39, 0.29) is 25.9 Å². The van der Waals surface area contributed by atoms with Crippen molar-refractivity contribution in [2.45, 2.75) is 38.1 Å². The maximum absolute atomic E-state index is 12.1. The third-order valence-electron chi connectivity index (χ3n) is 3.46. The summed E-state index contributed by atoms with van der Waals surface area (Å²) in [6, 6.07) is -0.956. The van der Waals surface area contributed by atoms with Gasteiger partial charge in [-0.15, -0.1) is 0 Å². The molecule has 2 amide bonds. The minimum atomic E-state index is -1.11. The lowest BCUT2D eigenvalue weighted by atomic mass is 10.0. The zero-order valence-electron chi connectivity index (χ0n) is 11.9. The Morgan fingerprint density at radius 1 is 1.19 bits per heavy atom. The highest BCUT2D eigenvalue weighted by molar-refractivity contribution is 6.35. The molecule has 1 heterocycles. The number of nitrogens with zero attached hydrogens (tertiary/aromatic N) is 2. The van der Waals surface area contributed by atoms with E-state index in [2.05, 4.69) is 0 Å². The average molecular weight is 300 g/mol. The van der Waals surface area contributed by atoms with Crippen LogP contribution in [0.4, 0.5) is 0 Å². The number of likely N-dealkylation sites (tertiary alicyclic amines) is 1. The molecule has 118 valence electrons. The van der Waals surface area contributed by atoms with Gasteiger partial charge in [0.1, 0.15) is 6.04 Å². The molecule has 0 bridgehead atoms. The number of piperidine rings is 1. The van der Waals surface area contributed by atoms with Gasteiger partial charge in [-0.05, 0) is 25.7 Å². The molecule has 1 aliphatic rings. The van der Waals surface area contributed by atoms with Crippen molar-refractivity contribution in [1.82, 2.24) is 9.80 Å². The summed E-state index contributed by atoms with van der Waals surface area (Å²) in [5.41, 5.74) is 0. The summed E-state index contributed by atoms with van der Waals surface area (Å²) in [7, 11) is 1.40. The Morgan fingerprint density at radius 2 is 1.86 bits per heavy atom. The monoisotopic (exact) mass is 300 g/mol. The molecular weight excluding hydrogens is 280 g/mol. The Balaban J connectivity index is 2.61. The topological polar surface area (TPSA) is 115 Å². The summed E-state index contributed by atoms with van der Waals surface area (Å²) in [6.45, 7) is 0.396. The Labute approximate surface area is 122 Å². The third kappa shape index (κ3) is 4.73. The molecule has 0 radical (unpaired) electrons. The number of carboxylic acid groups (broad SMARTS) is 2. The largest absolute Gasteiger partial charge is 0.481 e. The Bertz CT molecular complexity index is 436. The molecule has 0 saturated carbocycles. The lowest BCUT2D eigenvalue weighted by Gasteiger charge is -2.33. The van der Waals surface area contributed by atoms with E-state index in [0.717, 1.165) is 9.80 Å².